The van der Waals surface area contributed by atoms with Gasteiger partial charge in [0.2, 0.25) is 0 Å². The summed E-state index contributed by atoms with van der Waals surface area (Å²) in [6.07, 6.45) is 3.65. The van der Waals surface area contributed by atoms with Gasteiger partial charge in [0.25, 0.3) is 0 Å². The van der Waals surface area contributed by atoms with E-state index in [0.29, 0.717) is 0 Å². The highest BCUT2D eigenvalue weighted by Gasteiger charge is 2.30. The fraction of sp³-hybridized carbons (Fsp3) is 0.357. The fourth-order valence-electron chi connectivity index (χ4n) is 2.17. The molecule has 96 valence electrons. The molecule has 0 fully saturated rings. The molecule has 1 aromatic heterocycles. The third-order valence-electron chi connectivity index (χ3n) is 3.42. The first kappa shape index (κ1) is 13.0. The van der Waals surface area contributed by atoms with Gasteiger partial charge >= 0.3 is 0 Å². The third kappa shape index (κ3) is 2.22. The van der Waals surface area contributed by atoms with Crippen LogP contribution in [0.25, 0.3) is 10.8 Å². The van der Waals surface area contributed by atoms with Crippen molar-refractivity contribution in [2.24, 2.45) is 5.84 Å². The Morgan fingerprint density at radius 3 is 2.78 bits per heavy atom. The highest BCUT2D eigenvalue weighted by molar-refractivity contribution is 5.85. The molecule has 18 heavy (non-hydrogen) atoms. The first-order chi connectivity index (χ1) is 8.60. The number of ether oxygens (including phenoxy) is 1. The maximum atomic E-state index is 5.71. The molecular weight excluding hydrogens is 226 g/mol. The highest BCUT2D eigenvalue weighted by Crippen LogP contribution is 2.32. The topological polar surface area (TPSA) is 60.2 Å². The largest absolute Gasteiger partial charge is 0.377 e. The first-order valence-electron chi connectivity index (χ1n) is 5.94. The molecule has 0 spiro atoms. The quantitative estimate of drug-likeness (QED) is 0.640. The average Bonchev–Trinajstić information content (AvgIpc) is 2.39. The molecule has 1 atom stereocenters. The third-order valence-corrected chi connectivity index (χ3v) is 3.42. The van der Waals surface area contributed by atoms with E-state index in [1.54, 1.807) is 13.3 Å². The Kier molecular flexibility index (Phi) is 3.61. The molecule has 0 aliphatic rings. The number of nitrogens with two attached hydrogens (primary N) is 1. The Bertz CT molecular complexity index is 534. The van der Waals surface area contributed by atoms with E-state index in [2.05, 4.69) is 22.5 Å². The summed E-state index contributed by atoms with van der Waals surface area (Å²) >= 11 is 0. The van der Waals surface area contributed by atoms with E-state index in [4.69, 9.17) is 10.6 Å². The van der Waals surface area contributed by atoms with Crippen LogP contribution in [0.15, 0.2) is 36.7 Å². The molecule has 4 nitrogen and oxygen atoms in total. The van der Waals surface area contributed by atoms with E-state index in [1.165, 1.54) is 0 Å². The number of aromatic nitrogens is 1. The Hall–Kier alpha value is -1.49. The van der Waals surface area contributed by atoms with Crippen LogP contribution in [0.1, 0.15) is 25.5 Å². The average molecular weight is 245 g/mol. The molecule has 0 aliphatic heterocycles. The van der Waals surface area contributed by atoms with Gasteiger partial charge in [-0.3, -0.25) is 16.3 Å². The summed E-state index contributed by atoms with van der Waals surface area (Å²) in [4.78, 5) is 4.19. The van der Waals surface area contributed by atoms with Gasteiger partial charge in [0.05, 0.1) is 11.6 Å². The van der Waals surface area contributed by atoms with Crippen molar-refractivity contribution in [2.45, 2.75) is 25.5 Å². The van der Waals surface area contributed by atoms with Crippen LogP contribution in [-0.4, -0.2) is 17.7 Å². The van der Waals surface area contributed by atoms with E-state index in [9.17, 15) is 0 Å². The van der Waals surface area contributed by atoms with E-state index in [0.717, 1.165) is 16.3 Å². The molecule has 1 aromatic carbocycles. The van der Waals surface area contributed by atoms with Gasteiger partial charge in [0.15, 0.2) is 0 Å². The van der Waals surface area contributed by atoms with E-state index in [-0.39, 0.29) is 6.04 Å². The lowest BCUT2D eigenvalue weighted by atomic mass is 9.89. The second-order valence-electron chi connectivity index (χ2n) is 4.85. The Morgan fingerprint density at radius 2 is 2.11 bits per heavy atom. The summed E-state index contributed by atoms with van der Waals surface area (Å²) < 4.78 is 5.53. The molecule has 3 N–H and O–H groups in total. The lowest BCUT2D eigenvalue weighted by molar-refractivity contribution is -0.0107. The normalized spacial score (nSPS) is 13.8. The highest BCUT2D eigenvalue weighted by atomic mass is 16.5. The van der Waals surface area contributed by atoms with Crippen molar-refractivity contribution in [1.82, 2.24) is 10.4 Å². The van der Waals surface area contributed by atoms with Gasteiger partial charge in [0, 0.05) is 24.9 Å². The number of benzene rings is 1. The summed E-state index contributed by atoms with van der Waals surface area (Å²) in [7, 11) is 1.69. The van der Waals surface area contributed by atoms with Crippen molar-refractivity contribution in [2.75, 3.05) is 7.11 Å². The molecule has 2 rings (SSSR count). The number of methoxy groups -OCH3 is 1. The molecule has 0 aliphatic carbocycles. The lowest BCUT2D eigenvalue weighted by Gasteiger charge is -2.33. The number of pyridine rings is 1. The molecule has 0 saturated carbocycles. The number of nitrogens with zero attached hydrogens (tertiary/aromatic N) is 1. The number of hydrazine groups is 1. The van der Waals surface area contributed by atoms with Crippen LogP contribution in [0, 0.1) is 0 Å². The van der Waals surface area contributed by atoms with Crippen molar-refractivity contribution in [1.29, 1.82) is 0 Å². The fourth-order valence-corrected chi connectivity index (χ4v) is 2.17. The van der Waals surface area contributed by atoms with Crippen LogP contribution in [0.2, 0.25) is 0 Å². The molecular formula is C14H19N3O. The monoisotopic (exact) mass is 245 g/mol. The molecule has 0 saturated heterocycles. The second-order valence-corrected chi connectivity index (χ2v) is 4.85. The van der Waals surface area contributed by atoms with Crippen molar-refractivity contribution in [3.05, 3.63) is 42.2 Å². The van der Waals surface area contributed by atoms with E-state index in [1.807, 2.05) is 32.2 Å². The van der Waals surface area contributed by atoms with Gasteiger partial charge in [-0.25, -0.2) is 0 Å². The van der Waals surface area contributed by atoms with Gasteiger partial charge in [0.1, 0.15) is 0 Å². The lowest BCUT2D eigenvalue weighted by Crippen LogP contribution is -2.44. The van der Waals surface area contributed by atoms with Crippen LogP contribution < -0.4 is 11.3 Å². The number of hydrogen-bond donors (Lipinski definition) is 2. The van der Waals surface area contributed by atoms with Crippen LogP contribution >= 0.6 is 0 Å². The second kappa shape index (κ2) is 5.02. The van der Waals surface area contributed by atoms with Gasteiger partial charge in [-0.2, -0.15) is 0 Å². The smallest absolute Gasteiger partial charge is 0.0829 e. The minimum atomic E-state index is -0.404. The standard InChI is InChI=1S/C14H19N3O/c1-14(2,18-3)13(17-15)11-6-4-5-10-7-8-16-9-12(10)11/h4-9,13,17H,15H2,1-3H3. The van der Waals surface area contributed by atoms with Gasteiger partial charge in [-0.15, -0.1) is 0 Å². The first-order valence-corrected chi connectivity index (χ1v) is 5.94. The molecule has 0 bridgehead atoms. The van der Waals surface area contributed by atoms with Gasteiger partial charge in [-0.05, 0) is 30.9 Å². The van der Waals surface area contributed by atoms with Crippen LogP contribution in [0.4, 0.5) is 0 Å². The maximum Gasteiger partial charge on any atom is 0.0829 e. The van der Waals surface area contributed by atoms with Crippen LogP contribution in [-0.2, 0) is 4.74 Å². The zero-order chi connectivity index (χ0) is 13.2. The molecule has 1 heterocycles. The zero-order valence-corrected chi connectivity index (χ0v) is 11.0. The number of hydrogen-bond acceptors (Lipinski definition) is 4. The molecule has 2 aromatic rings. The number of nitrogens with one attached hydrogen (secondary N) is 1. The Labute approximate surface area is 107 Å². The SMILES string of the molecule is COC(C)(C)C(NN)c1cccc2ccncc12. The Balaban J connectivity index is 2.59. The van der Waals surface area contributed by atoms with Crippen molar-refractivity contribution in [3.8, 4) is 0 Å². The minimum Gasteiger partial charge on any atom is -0.377 e. The molecule has 0 radical (unpaired) electrons. The van der Waals surface area contributed by atoms with E-state index < -0.39 is 5.60 Å². The summed E-state index contributed by atoms with van der Waals surface area (Å²) in [6, 6.07) is 8.03. The maximum absolute atomic E-state index is 5.71. The predicted molar refractivity (Wildman–Crippen MR) is 72.9 cm³/mol. The molecule has 0 amide bonds. The van der Waals surface area contributed by atoms with Gasteiger partial charge < -0.3 is 4.74 Å². The van der Waals surface area contributed by atoms with Crippen molar-refractivity contribution < 1.29 is 4.74 Å². The predicted octanol–water partition coefficient (Wildman–Crippen LogP) is 2.16. The minimum absolute atomic E-state index is 0.101. The van der Waals surface area contributed by atoms with Crippen LogP contribution in [0.5, 0.6) is 0 Å². The summed E-state index contributed by atoms with van der Waals surface area (Å²) in [5, 5.41) is 2.24. The molecule has 4 heteroatoms. The summed E-state index contributed by atoms with van der Waals surface area (Å²) in [6.45, 7) is 4.01. The summed E-state index contributed by atoms with van der Waals surface area (Å²) in [5.74, 6) is 5.71. The van der Waals surface area contributed by atoms with Gasteiger partial charge in [-0.1, -0.05) is 18.2 Å². The summed E-state index contributed by atoms with van der Waals surface area (Å²) in [5.41, 5.74) is 3.54. The van der Waals surface area contributed by atoms with Crippen molar-refractivity contribution >= 4 is 10.8 Å². The zero-order valence-electron chi connectivity index (χ0n) is 11.0. The molecule has 1 unspecified atom stereocenters. The van der Waals surface area contributed by atoms with Crippen LogP contribution in [0.3, 0.4) is 0 Å². The number of rotatable bonds is 4. The van der Waals surface area contributed by atoms with E-state index >= 15 is 0 Å². The van der Waals surface area contributed by atoms with Crippen molar-refractivity contribution in [3.63, 3.8) is 0 Å². The Morgan fingerprint density at radius 1 is 1.33 bits per heavy atom. The number of fused-ring (bicyclic) bond motifs is 1.